The molecular weight excluding hydrogens is 200 g/mol. The Balaban J connectivity index is 2.33. The molecule has 96 valence electrons. The molecule has 1 saturated heterocycles. The van der Waals surface area contributed by atoms with E-state index in [4.69, 9.17) is 0 Å². The van der Waals surface area contributed by atoms with Crippen molar-refractivity contribution in [1.82, 2.24) is 10.2 Å². The van der Waals surface area contributed by atoms with Crippen LogP contribution >= 0.6 is 0 Å². The predicted molar refractivity (Wildman–Crippen MR) is 68.6 cm³/mol. The zero-order valence-electron chi connectivity index (χ0n) is 11.3. The minimum atomic E-state index is 0.254. The third-order valence-corrected chi connectivity index (χ3v) is 3.27. The van der Waals surface area contributed by atoms with Crippen LogP contribution in [-0.4, -0.2) is 48.8 Å². The fourth-order valence-electron chi connectivity index (χ4n) is 2.42. The van der Waals surface area contributed by atoms with E-state index in [1.165, 1.54) is 25.9 Å². The lowest BCUT2D eigenvalue weighted by molar-refractivity contribution is 0.163. The van der Waals surface area contributed by atoms with E-state index < -0.39 is 0 Å². The van der Waals surface area contributed by atoms with Crippen LogP contribution < -0.4 is 5.32 Å². The molecule has 1 aliphatic heterocycles. The fourth-order valence-corrected chi connectivity index (χ4v) is 2.42. The molecular formula is C13H28N2O. The molecule has 0 aliphatic carbocycles. The van der Waals surface area contributed by atoms with Crippen molar-refractivity contribution in [3.63, 3.8) is 0 Å². The summed E-state index contributed by atoms with van der Waals surface area (Å²) < 4.78 is 0. The molecule has 1 rings (SSSR count). The first-order valence-corrected chi connectivity index (χ1v) is 6.46. The van der Waals surface area contributed by atoms with Crippen molar-refractivity contribution in [3.8, 4) is 0 Å². The zero-order valence-corrected chi connectivity index (χ0v) is 11.3. The quantitative estimate of drug-likeness (QED) is 0.765. The molecule has 1 aliphatic rings. The summed E-state index contributed by atoms with van der Waals surface area (Å²) in [7, 11) is 2.18. The van der Waals surface area contributed by atoms with Gasteiger partial charge in [-0.1, -0.05) is 20.8 Å². The lowest BCUT2D eigenvalue weighted by Gasteiger charge is -2.34. The molecule has 1 fully saturated rings. The van der Waals surface area contributed by atoms with Gasteiger partial charge in [-0.05, 0) is 44.8 Å². The maximum atomic E-state index is 9.40. The number of piperidine rings is 1. The van der Waals surface area contributed by atoms with Gasteiger partial charge in [-0.3, -0.25) is 0 Å². The monoisotopic (exact) mass is 228 g/mol. The molecule has 0 saturated carbocycles. The van der Waals surface area contributed by atoms with Crippen LogP contribution in [0.5, 0.6) is 0 Å². The number of hydrogen-bond acceptors (Lipinski definition) is 3. The molecule has 1 atom stereocenters. The van der Waals surface area contributed by atoms with Crippen LogP contribution in [-0.2, 0) is 0 Å². The van der Waals surface area contributed by atoms with Gasteiger partial charge in [0.25, 0.3) is 0 Å². The standard InChI is InChI=1S/C13H28N2O/c1-13(2,3)9-12(10-16)14-11-5-7-15(4)8-6-11/h11-12,14,16H,5-10H2,1-4H3. The highest BCUT2D eigenvalue weighted by Gasteiger charge is 2.23. The number of rotatable bonds is 4. The predicted octanol–water partition coefficient (Wildman–Crippen LogP) is 1.47. The van der Waals surface area contributed by atoms with Crippen LogP contribution in [0.1, 0.15) is 40.0 Å². The second-order valence-electron chi connectivity index (χ2n) is 6.39. The van der Waals surface area contributed by atoms with Crippen molar-refractivity contribution in [1.29, 1.82) is 0 Å². The lowest BCUT2D eigenvalue weighted by atomic mass is 9.87. The molecule has 2 N–H and O–H groups in total. The number of likely N-dealkylation sites (tertiary alicyclic amines) is 1. The van der Waals surface area contributed by atoms with E-state index in [9.17, 15) is 5.11 Å². The Morgan fingerprint density at radius 1 is 1.31 bits per heavy atom. The summed E-state index contributed by atoms with van der Waals surface area (Å²) in [4.78, 5) is 2.37. The summed E-state index contributed by atoms with van der Waals surface area (Å²) in [5.74, 6) is 0. The maximum absolute atomic E-state index is 9.40. The third kappa shape index (κ3) is 5.28. The maximum Gasteiger partial charge on any atom is 0.0584 e. The summed E-state index contributed by atoms with van der Waals surface area (Å²) in [5, 5.41) is 13.0. The average Bonchev–Trinajstić information content (AvgIpc) is 2.18. The average molecular weight is 228 g/mol. The van der Waals surface area contributed by atoms with Crippen LogP contribution in [0.3, 0.4) is 0 Å². The minimum Gasteiger partial charge on any atom is -0.395 e. The van der Waals surface area contributed by atoms with Crippen molar-refractivity contribution >= 4 is 0 Å². The zero-order chi connectivity index (χ0) is 12.2. The molecule has 0 aromatic carbocycles. The lowest BCUT2D eigenvalue weighted by Crippen LogP contribution is -2.47. The van der Waals surface area contributed by atoms with Gasteiger partial charge in [-0.15, -0.1) is 0 Å². The van der Waals surface area contributed by atoms with Gasteiger partial charge in [0.1, 0.15) is 0 Å². The van der Waals surface area contributed by atoms with Crippen molar-refractivity contribution in [2.45, 2.75) is 52.1 Å². The Kier molecular flexibility index (Phi) is 5.22. The molecule has 1 heterocycles. The highest BCUT2D eigenvalue weighted by atomic mass is 16.3. The molecule has 0 amide bonds. The van der Waals surface area contributed by atoms with Crippen molar-refractivity contribution < 1.29 is 5.11 Å². The van der Waals surface area contributed by atoms with Crippen LogP contribution in [0.25, 0.3) is 0 Å². The Morgan fingerprint density at radius 2 is 1.88 bits per heavy atom. The van der Waals surface area contributed by atoms with Crippen LogP contribution in [0, 0.1) is 5.41 Å². The van der Waals surface area contributed by atoms with Crippen molar-refractivity contribution in [2.24, 2.45) is 5.41 Å². The van der Waals surface area contributed by atoms with E-state index in [0.717, 1.165) is 6.42 Å². The van der Waals surface area contributed by atoms with Crippen LogP contribution in [0.2, 0.25) is 0 Å². The number of nitrogens with one attached hydrogen (secondary N) is 1. The van der Waals surface area contributed by atoms with Gasteiger partial charge in [0.05, 0.1) is 6.61 Å². The van der Waals surface area contributed by atoms with E-state index in [1.54, 1.807) is 0 Å². The Bertz CT molecular complexity index is 193. The van der Waals surface area contributed by atoms with E-state index in [-0.39, 0.29) is 18.1 Å². The van der Waals surface area contributed by atoms with E-state index >= 15 is 0 Å². The highest BCUT2D eigenvalue weighted by molar-refractivity contribution is 4.81. The summed E-state index contributed by atoms with van der Waals surface area (Å²) in [5.41, 5.74) is 0.284. The van der Waals surface area contributed by atoms with Gasteiger partial charge in [0.2, 0.25) is 0 Å². The first-order valence-electron chi connectivity index (χ1n) is 6.46. The SMILES string of the molecule is CN1CCC(NC(CO)CC(C)(C)C)CC1. The summed E-state index contributed by atoms with van der Waals surface area (Å²) in [6.45, 7) is 9.28. The van der Waals surface area contributed by atoms with E-state index in [1.807, 2.05) is 0 Å². The number of hydrogen-bond donors (Lipinski definition) is 2. The molecule has 3 heteroatoms. The number of aliphatic hydroxyl groups excluding tert-OH is 1. The number of aliphatic hydroxyl groups is 1. The van der Waals surface area contributed by atoms with Gasteiger partial charge in [0.15, 0.2) is 0 Å². The molecule has 0 aromatic heterocycles. The highest BCUT2D eigenvalue weighted by Crippen LogP contribution is 2.21. The largest absolute Gasteiger partial charge is 0.395 e. The van der Waals surface area contributed by atoms with Gasteiger partial charge in [0, 0.05) is 12.1 Å². The fraction of sp³-hybridized carbons (Fsp3) is 1.00. The second-order valence-corrected chi connectivity index (χ2v) is 6.39. The van der Waals surface area contributed by atoms with Gasteiger partial charge >= 0.3 is 0 Å². The topological polar surface area (TPSA) is 35.5 Å². The van der Waals surface area contributed by atoms with E-state index in [2.05, 4.69) is 38.0 Å². The van der Waals surface area contributed by atoms with E-state index in [0.29, 0.717) is 6.04 Å². The Hall–Kier alpha value is -0.120. The Morgan fingerprint density at radius 3 is 2.31 bits per heavy atom. The Labute approximate surface area is 100 Å². The molecule has 0 radical (unpaired) electrons. The summed E-state index contributed by atoms with van der Waals surface area (Å²) in [6.07, 6.45) is 3.45. The van der Waals surface area contributed by atoms with Crippen LogP contribution in [0.15, 0.2) is 0 Å². The second kappa shape index (κ2) is 5.99. The van der Waals surface area contributed by atoms with Crippen molar-refractivity contribution in [2.75, 3.05) is 26.7 Å². The first-order chi connectivity index (χ1) is 7.40. The molecule has 0 aromatic rings. The van der Waals surface area contributed by atoms with Gasteiger partial charge < -0.3 is 15.3 Å². The minimum absolute atomic E-state index is 0.254. The first kappa shape index (κ1) is 13.9. The summed E-state index contributed by atoms with van der Waals surface area (Å²) >= 11 is 0. The molecule has 3 nitrogen and oxygen atoms in total. The normalized spacial score (nSPS) is 22.3. The smallest absolute Gasteiger partial charge is 0.0584 e. The number of nitrogens with zero attached hydrogens (tertiary/aromatic N) is 1. The van der Waals surface area contributed by atoms with Crippen LogP contribution in [0.4, 0.5) is 0 Å². The van der Waals surface area contributed by atoms with Gasteiger partial charge in [-0.2, -0.15) is 0 Å². The molecule has 0 bridgehead atoms. The molecule has 16 heavy (non-hydrogen) atoms. The summed E-state index contributed by atoms with van der Waals surface area (Å²) in [6, 6.07) is 0.851. The van der Waals surface area contributed by atoms with Gasteiger partial charge in [-0.25, -0.2) is 0 Å². The van der Waals surface area contributed by atoms with Crippen molar-refractivity contribution in [3.05, 3.63) is 0 Å². The third-order valence-electron chi connectivity index (χ3n) is 3.27. The molecule has 1 unspecified atom stereocenters. The molecule has 0 spiro atoms.